The van der Waals surface area contributed by atoms with Crippen LogP contribution in [-0.2, 0) is 4.79 Å². The van der Waals surface area contributed by atoms with Crippen molar-refractivity contribution in [3.63, 3.8) is 0 Å². The second-order valence-corrected chi connectivity index (χ2v) is 5.71. The molecule has 3 heteroatoms. The SMILES string of the molecule is CC[C@@H](NC(=O)/C=C/c1ccc(F)cc1)c1ccc(C)cc1C. The van der Waals surface area contributed by atoms with E-state index in [4.69, 9.17) is 0 Å². The van der Waals surface area contributed by atoms with Crippen LogP contribution >= 0.6 is 0 Å². The van der Waals surface area contributed by atoms with Crippen molar-refractivity contribution >= 4 is 12.0 Å². The van der Waals surface area contributed by atoms with Gasteiger partial charge in [0.05, 0.1) is 6.04 Å². The summed E-state index contributed by atoms with van der Waals surface area (Å²) in [5, 5.41) is 3.03. The highest BCUT2D eigenvalue weighted by atomic mass is 19.1. The smallest absolute Gasteiger partial charge is 0.244 e. The number of hydrogen-bond acceptors (Lipinski definition) is 1. The van der Waals surface area contributed by atoms with Gasteiger partial charge in [0, 0.05) is 6.08 Å². The summed E-state index contributed by atoms with van der Waals surface area (Å²) < 4.78 is 12.9. The standard InChI is InChI=1S/C20H22FNO/c1-4-19(18-11-5-14(2)13-15(18)3)22-20(23)12-8-16-6-9-17(21)10-7-16/h5-13,19H,4H2,1-3H3,(H,22,23)/b12-8+/t19-/m1/s1. The maximum Gasteiger partial charge on any atom is 0.244 e. The molecule has 2 aromatic carbocycles. The Morgan fingerprint density at radius 2 is 1.87 bits per heavy atom. The number of carbonyl (C=O) groups is 1. The summed E-state index contributed by atoms with van der Waals surface area (Å²) in [7, 11) is 0. The lowest BCUT2D eigenvalue weighted by molar-refractivity contribution is -0.117. The fourth-order valence-corrected chi connectivity index (χ4v) is 2.58. The Labute approximate surface area is 137 Å². The van der Waals surface area contributed by atoms with Crippen LogP contribution in [0.1, 0.15) is 41.6 Å². The van der Waals surface area contributed by atoms with E-state index in [9.17, 15) is 9.18 Å². The van der Waals surface area contributed by atoms with Crippen molar-refractivity contribution in [2.45, 2.75) is 33.2 Å². The molecule has 1 N–H and O–H groups in total. The van der Waals surface area contributed by atoms with E-state index in [-0.39, 0.29) is 17.8 Å². The summed E-state index contributed by atoms with van der Waals surface area (Å²) in [4.78, 5) is 12.1. The zero-order valence-corrected chi connectivity index (χ0v) is 13.8. The summed E-state index contributed by atoms with van der Waals surface area (Å²) >= 11 is 0. The minimum absolute atomic E-state index is 0.0130. The first-order chi connectivity index (χ1) is 11.0. The topological polar surface area (TPSA) is 29.1 Å². The molecular weight excluding hydrogens is 289 g/mol. The lowest BCUT2D eigenvalue weighted by Crippen LogP contribution is -2.26. The number of amides is 1. The Morgan fingerprint density at radius 1 is 1.17 bits per heavy atom. The van der Waals surface area contributed by atoms with Gasteiger partial charge in [0.2, 0.25) is 5.91 Å². The second-order valence-electron chi connectivity index (χ2n) is 5.71. The van der Waals surface area contributed by atoms with E-state index in [1.807, 2.05) is 6.92 Å². The fraction of sp³-hybridized carbons (Fsp3) is 0.250. The summed E-state index contributed by atoms with van der Waals surface area (Å²) in [6.45, 7) is 6.17. The van der Waals surface area contributed by atoms with Crippen molar-refractivity contribution in [3.8, 4) is 0 Å². The van der Waals surface area contributed by atoms with Crippen molar-refractivity contribution in [1.82, 2.24) is 5.32 Å². The summed E-state index contributed by atoms with van der Waals surface area (Å²) in [5.41, 5.74) is 4.33. The number of aryl methyl sites for hydroxylation is 2. The van der Waals surface area contributed by atoms with Crippen LogP contribution in [0.4, 0.5) is 4.39 Å². The van der Waals surface area contributed by atoms with E-state index >= 15 is 0 Å². The molecule has 120 valence electrons. The van der Waals surface area contributed by atoms with Gasteiger partial charge in [0.1, 0.15) is 5.82 Å². The maximum absolute atomic E-state index is 12.9. The highest BCUT2D eigenvalue weighted by Crippen LogP contribution is 2.21. The van der Waals surface area contributed by atoms with Crippen molar-refractivity contribution < 1.29 is 9.18 Å². The fourth-order valence-electron chi connectivity index (χ4n) is 2.58. The molecule has 0 radical (unpaired) electrons. The average Bonchev–Trinajstić information content (AvgIpc) is 2.52. The Balaban J connectivity index is 2.06. The third-order valence-electron chi connectivity index (χ3n) is 3.82. The monoisotopic (exact) mass is 311 g/mol. The molecule has 2 aromatic rings. The van der Waals surface area contributed by atoms with Crippen LogP contribution < -0.4 is 5.32 Å². The van der Waals surface area contributed by atoms with Gasteiger partial charge >= 0.3 is 0 Å². The Bertz CT molecular complexity index is 704. The van der Waals surface area contributed by atoms with Gasteiger partial charge < -0.3 is 5.32 Å². The van der Waals surface area contributed by atoms with Gasteiger partial charge in [-0.15, -0.1) is 0 Å². The molecule has 0 heterocycles. The summed E-state index contributed by atoms with van der Waals surface area (Å²) in [6, 6.07) is 12.3. The van der Waals surface area contributed by atoms with E-state index in [0.717, 1.165) is 17.5 Å². The third-order valence-corrected chi connectivity index (χ3v) is 3.82. The summed E-state index contributed by atoms with van der Waals surface area (Å²) in [6.07, 6.45) is 3.99. The number of carbonyl (C=O) groups excluding carboxylic acids is 1. The van der Waals surface area contributed by atoms with E-state index < -0.39 is 0 Å². The molecule has 1 atom stereocenters. The molecule has 2 nitrogen and oxygen atoms in total. The van der Waals surface area contributed by atoms with E-state index in [0.29, 0.717) is 0 Å². The van der Waals surface area contributed by atoms with Crippen molar-refractivity contribution in [3.05, 3.63) is 76.6 Å². The minimum Gasteiger partial charge on any atom is -0.346 e. The highest BCUT2D eigenvalue weighted by Gasteiger charge is 2.13. The zero-order valence-electron chi connectivity index (χ0n) is 13.8. The maximum atomic E-state index is 12.9. The molecule has 0 unspecified atom stereocenters. The first-order valence-corrected chi connectivity index (χ1v) is 7.81. The van der Waals surface area contributed by atoms with Gasteiger partial charge in [-0.05, 0) is 55.2 Å². The molecule has 2 rings (SSSR count). The molecule has 0 spiro atoms. The lowest BCUT2D eigenvalue weighted by atomic mass is 9.97. The molecule has 0 saturated carbocycles. The highest BCUT2D eigenvalue weighted by molar-refractivity contribution is 5.92. The predicted octanol–water partition coefficient (Wildman–Crippen LogP) is 4.72. The molecule has 0 fully saturated rings. The Kier molecular flexibility index (Phi) is 5.69. The predicted molar refractivity (Wildman–Crippen MR) is 92.5 cm³/mol. The van der Waals surface area contributed by atoms with Crippen molar-refractivity contribution in [2.75, 3.05) is 0 Å². The first kappa shape index (κ1) is 16.9. The largest absolute Gasteiger partial charge is 0.346 e. The van der Waals surface area contributed by atoms with Gasteiger partial charge in [-0.2, -0.15) is 0 Å². The molecule has 0 aliphatic rings. The molecule has 23 heavy (non-hydrogen) atoms. The van der Waals surface area contributed by atoms with Gasteiger partial charge in [0.15, 0.2) is 0 Å². The van der Waals surface area contributed by atoms with Crippen LogP contribution in [0.25, 0.3) is 6.08 Å². The van der Waals surface area contributed by atoms with Crippen molar-refractivity contribution in [1.29, 1.82) is 0 Å². The second kappa shape index (κ2) is 7.73. The number of rotatable bonds is 5. The average molecular weight is 311 g/mol. The van der Waals surface area contributed by atoms with Gasteiger partial charge in [0.25, 0.3) is 0 Å². The van der Waals surface area contributed by atoms with E-state index in [1.165, 1.54) is 29.3 Å². The lowest BCUT2D eigenvalue weighted by Gasteiger charge is -2.19. The van der Waals surface area contributed by atoms with Crippen LogP contribution in [0.3, 0.4) is 0 Å². The molecule has 0 aliphatic heterocycles. The number of benzene rings is 2. The number of nitrogens with one attached hydrogen (secondary N) is 1. The van der Waals surface area contributed by atoms with E-state index in [1.54, 1.807) is 18.2 Å². The third kappa shape index (κ3) is 4.78. The molecule has 0 aromatic heterocycles. The normalized spacial score (nSPS) is 12.3. The quantitative estimate of drug-likeness (QED) is 0.795. The molecule has 0 aliphatic carbocycles. The van der Waals surface area contributed by atoms with E-state index in [2.05, 4.69) is 37.4 Å². The molecule has 1 amide bonds. The van der Waals surface area contributed by atoms with Crippen LogP contribution in [0, 0.1) is 19.7 Å². The van der Waals surface area contributed by atoms with Gasteiger partial charge in [-0.3, -0.25) is 4.79 Å². The summed E-state index contributed by atoms with van der Waals surface area (Å²) in [5.74, 6) is -0.436. The number of halogens is 1. The zero-order chi connectivity index (χ0) is 16.8. The van der Waals surface area contributed by atoms with Crippen LogP contribution in [0.5, 0.6) is 0 Å². The Morgan fingerprint density at radius 3 is 2.48 bits per heavy atom. The number of hydrogen-bond donors (Lipinski definition) is 1. The van der Waals surface area contributed by atoms with Crippen molar-refractivity contribution in [2.24, 2.45) is 0 Å². The Hall–Kier alpha value is -2.42. The molecular formula is C20H22FNO. The van der Waals surface area contributed by atoms with Crippen LogP contribution in [0.2, 0.25) is 0 Å². The minimum atomic E-state index is -0.285. The van der Waals surface area contributed by atoms with Gasteiger partial charge in [-0.25, -0.2) is 4.39 Å². The molecule has 0 bridgehead atoms. The van der Waals surface area contributed by atoms with Gasteiger partial charge in [-0.1, -0.05) is 42.8 Å². The molecule has 0 saturated heterocycles. The first-order valence-electron chi connectivity index (χ1n) is 7.81. The van der Waals surface area contributed by atoms with Crippen LogP contribution in [0.15, 0.2) is 48.5 Å². The van der Waals surface area contributed by atoms with Crippen LogP contribution in [-0.4, -0.2) is 5.91 Å².